The van der Waals surface area contributed by atoms with Crippen LogP contribution in [0, 0.1) is 11.8 Å². The van der Waals surface area contributed by atoms with Gasteiger partial charge in [-0.2, -0.15) is 0 Å². The summed E-state index contributed by atoms with van der Waals surface area (Å²) in [6.45, 7) is 4.06. The fourth-order valence-electron chi connectivity index (χ4n) is 2.36. The van der Waals surface area contributed by atoms with E-state index in [1.54, 1.807) is 0 Å². The fraction of sp³-hybridized carbons (Fsp3) is 0.700. The molecular formula is C20H34O4. The number of rotatable bonds is 13. The van der Waals surface area contributed by atoms with Crippen molar-refractivity contribution in [2.45, 2.75) is 65.2 Å². The Hall–Kier alpha value is -1.58. The van der Waals surface area contributed by atoms with Gasteiger partial charge >= 0.3 is 11.9 Å². The molecule has 0 saturated heterocycles. The van der Waals surface area contributed by atoms with Crippen molar-refractivity contribution in [3.8, 4) is 0 Å². The highest BCUT2D eigenvalue weighted by molar-refractivity contribution is 5.69. The lowest BCUT2D eigenvalue weighted by Gasteiger charge is -2.04. The molecule has 0 N–H and O–H groups in total. The Balaban J connectivity index is 3.54. The molecule has 0 bridgehead atoms. The monoisotopic (exact) mass is 338 g/mol. The molecule has 0 aliphatic heterocycles. The molecule has 138 valence electrons. The summed E-state index contributed by atoms with van der Waals surface area (Å²) in [5.41, 5.74) is 0. The van der Waals surface area contributed by atoms with Gasteiger partial charge in [-0.1, -0.05) is 51.0 Å². The van der Waals surface area contributed by atoms with Crippen molar-refractivity contribution in [1.82, 2.24) is 0 Å². The number of carbonyl (C=O) groups is 2. The number of unbranched alkanes of at least 4 members (excludes halogenated alkanes) is 5. The van der Waals surface area contributed by atoms with E-state index in [2.05, 4.69) is 33.8 Å². The number of hydrogen-bond donors (Lipinski definition) is 0. The van der Waals surface area contributed by atoms with Gasteiger partial charge < -0.3 is 9.47 Å². The van der Waals surface area contributed by atoms with Crippen LogP contribution in [0.2, 0.25) is 0 Å². The zero-order chi connectivity index (χ0) is 18.2. The Morgan fingerprint density at radius 3 is 1.46 bits per heavy atom. The number of ether oxygens (including phenoxy) is 2. The van der Waals surface area contributed by atoms with Crippen LogP contribution >= 0.6 is 0 Å². The predicted molar refractivity (Wildman–Crippen MR) is 97.6 cm³/mol. The first kappa shape index (κ1) is 22.4. The molecule has 0 spiro atoms. The molecule has 0 aromatic carbocycles. The average Bonchev–Trinajstić information content (AvgIpc) is 2.56. The Kier molecular flexibility index (Phi) is 14.0. The first-order chi connectivity index (χ1) is 11.5. The first-order valence-corrected chi connectivity index (χ1v) is 8.96. The second-order valence-corrected chi connectivity index (χ2v) is 6.36. The Labute approximate surface area is 147 Å². The van der Waals surface area contributed by atoms with Gasteiger partial charge in [0.2, 0.25) is 0 Å². The van der Waals surface area contributed by atoms with Crippen LogP contribution in [0.3, 0.4) is 0 Å². The van der Waals surface area contributed by atoms with Crippen LogP contribution in [0.4, 0.5) is 0 Å². The van der Waals surface area contributed by atoms with Crippen LogP contribution in [0.1, 0.15) is 65.2 Å². The molecule has 0 heterocycles. The molecule has 0 aliphatic carbocycles. The number of hydrogen-bond acceptors (Lipinski definition) is 4. The van der Waals surface area contributed by atoms with Gasteiger partial charge in [-0.3, -0.25) is 9.59 Å². The summed E-state index contributed by atoms with van der Waals surface area (Å²) < 4.78 is 9.30. The molecule has 0 amide bonds. The van der Waals surface area contributed by atoms with E-state index in [1.165, 1.54) is 39.9 Å². The minimum absolute atomic E-state index is 0.152. The van der Waals surface area contributed by atoms with Crippen molar-refractivity contribution in [3.05, 3.63) is 24.3 Å². The number of allylic oxidation sites excluding steroid dienone is 4. The highest BCUT2D eigenvalue weighted by atomic mass is 16.5. The Morgan fingerprint density at radius 1 is 0.750 bits per heavy atom. The third-order valence-corrected chi connectivity index (χ3v) is 3.85. The zero-order valence-electron chi connectivity index (χ0n) is 15.8. The summed E-state index contributed by atoms with van der Waals surface area (Å²) in [5, 5.41) is 0. The van der Waals surface area contributed by atoms with Crippen LogP contribution in [0.15, 0.2) is 24.3 Å². The van der Waals surface area contributed by atoms with Gasteiger partial charge in [-0.15, -0.1) is 0 Å². The molecule has 0 aromatic heterocycles. The van der Waals surface area contributed by atoms with Crippen LogP contribution in [-0.4, -0.2) is 26.2 Å². The average molecular weight is 338 g/mol. The van der Waals surface area contributed by atoms with E-state index in [0.29, 0.717) is 12.8 Å². The third-order valence-electron chi connectivity index (χ3n) is 3.85. The largest absolute Gasteiger partial charge is 0.469 e. The molecule has 0 fully saturated rings. The van der Waals surface area contributed by atoms with Crippen molar-refractivity contribution in [3.63, 3.8) is 0 Å². The van der Waals surface area contributed by atoms with E-state index in [9.17, 15) is 9.59 Å². The molecule has 4 nitrogen and oxygen atoms in total. The van der Waals surface area contributed by atoms with Gasteiger partial charge in [0.15, 0.2) is 0 Å². The van der Waals surface area contributed by atoms with Crippen LogP contribution < -0.4 is 0 Å². The second kappa shape index (κ2) is 15.0. The maximum absolute atomic E-state index is 11.1. The molecule has 0 saturated carbocycles. The van der Waals surface area contributed by atoms with Crippen molar-refractivity contribution in [2.24, 2.45) is 11.8 Å². The van der Waals surface area contributed by atoms with Gasteiger partial charge in [0.25, 0.3) is 0 Å². The van der Waals surface area contributed by atoms with Gasteiger partial charge in [-0.05, 0) is 37.5 Å². The summed E-state index contributed by atoms with van der Waals surface area (Å²) in [4.78, 5) is 22.2. The van der Waals surface area contributed by atoms with E-state index in [4.69, 9.17) is 0 Å². The molecule has 2 unspecified atom stereocenters. The second-order valence-electron chi connectivity index (χ2n) is 6.36. The Bertz CT molecular complexity index is 360. The summed E-state index contributed by atoms with van der Waals surface area (Å²) in [6.07, 6.45) is 16.4. The lowest BCUT2D eigenvalue weighted by atomic mass is 10.0. The zero-order valence-corrected chi connectivity index (χ0v) is 15.8. The van der Waals surface area contributed by atoms with Crippen molar-refractivity contribution >= 4 is 11.9 Å². The summed E-state index contributed by atoms with van der Waals surface area (Å²) in [5.74, 6) is 0.186. The standard InChI is InChI=1S/C20H34O4/c1-17(15-19(21)23-3)13-11-9-7-5-6-8-10-12-14-18(2)16-20(22)24-4/h11-14,17-18H,5-10,15-16H2,1-4H3/b13-11+,14-12+. The van der Waals surface area contributed by atoms with Crippen molar-refractivity contribution in [1.29, 1.82) is 0 Å². The summed E-state index contributed by atoms with van der Waals surface area (Å²) in [7, 11) is 2.85. The lowest BCUT2D eigenvalue weighted by molar-refractivity contribution is -0.142. The molecule has 24 heavy (non-hydrogen) atoms. The molecule has 0 rings (SSSR count). The summed E-state index contributed by atoms with van der Waals surface area (Å²) >= 11 is 0. The first-order valence-electron chi connectivity index (χ1n) is 8.96. The minimum atomic E-state index is -0.152. The third kappa shape index (κ3) is 14.0. The number of esters is 2. The molecule has 0 radical (unpaired) electrons. The van der Waals surface area contributed by atoms with E-state index in [-0.39, 0.29) is 23.8 Å². The van der Waals surface area contributed by atoms with Gasteiger partial charge in [0.1, 0.15) is 0 Å². The van der Waals surface area contributed by atoms with E-state index >= 15 is 0 Å². The lowest BCUT2D eigenvalue weighted by Crippen LogP contribution is -2.04. The normalized spacial score (nSPS) is 14.0. The predicted octanol–water partition coefficient (Wildman–Crippen LogP) is 4.84. The van der Waals surface area contributed by atoms with E-state index < -0.39 is 0 Å². The molecule has 0 aromatic rings. The molecule has 0 aliphatic rings. The minimum Gasteiger partial charge on any atom is -0.469 e. The Morgan fingerprint density at radius 2 is 1.12 bits per heavy atom. The van der Waals surface area contributed by atoms with Crippen molar-refractivity contribution < 1.29 is 19.1 Å². The topological polar surface area (TPSA) is 52.6 Å². The highest BCUT2D eigenvalue weighted by Crippen LogP contribution is 2.11. The highest BCUT2D eigenvalue weighted by Gasteiger charge is 2.05. The van der Waals surface area contributed by atoms with Gasteiger partial charge in [0.05, 0.1) is 27.1 Å². The van der Waals surface area contributed by atoms with Gasteiger partial charge in [-0.25, -0.2) is 0 Å². The molecule has 2 atom stereocenters. The van der Waals surface area contributed by atoms with Crippen LogP contribution in [0.5, 0.6) is 0 Å². The maximum atomic E-state index is 11.1. The maximum Gasteiger partial charge on any atom is 0.306 e. The van der Waals surface area contributed by atoms with Crippen LogP contribution in [0.25, 0.3) is 0 Å². The van der Waals surface area contributed by atoms with E-state index in [1.807, 2.05) is 13.8 Å². The summed E-state index contributed by atoms with van der Waals surface area (Å²) in [6, 6.07) is 0. The molecule has 4 heteroatoms. The fourth-order valence-corrected chi connectivity index (χ4v) is 2.36. The quantitative estimate of drug-likeness (QED) is 0.274. The van der Waals surface area contributed by atoms with Gasteiger partial charge in [0, 0.05) is 0 Å². The van der Waals surface area contributed by atoms with E-state index in [0.717, 1.165) is 12.8 Å². The van der Waals surface area contributed by atoms with Crippen LogP contribution in [-0.2, 0) is 19.1 Å². The smallest absolute Gasteiger partial charge is 0.306 e. The molecular weight excluding hydrogens is 304 g/mol. The number of methoxy groups -OCH3 is 2. The SMILES string of the molecule is COC(=O)CC(C)/C=C/CCCCCC/C=C/C(C)CC(=O)OC. The van der Waals surface area contributed by atoms with Crippen molar-refractivity contribution in [2.75, 3.05) is 14.2 Å². The number of carbonyl (C=O) groups excluding carboxylic acids is 2.